The predicted octanol–water partition coefficient (Wildman–Crippen LogP) is 3.39. The molecule has 28 heavy (non-hydrogen) atoms. The Labute approximate surface area is 166 Å². The van der Waals surface area contributed by atoms with Crippen molar-refractivity contribution >= 4 is 5.91 Å². The number of hydrogen-bond donors (Lipinski definition) is 3. The van der Waals surface area contributed by atoms with E-state index in [1.807, 2.05) is 62.6 Å². The molecule has 0 aromatic heterocycles. The monoisotopic (exact) mass is 386 g/mol. The van der Waals surface area contributed by atoms with Crippen molar-refractivity contribution < 1.29 is 19.8 Å². The lowest BCUT2D eigenvalue weighted by molar-refractivity contribution is -0.129. The SMILES string of the molecule is CN(C)CCOc1ccc(-c2ccc([C@H](O)CCCCC(=O)NO)cc2)cc1. The van der Waals surface area contributed by atoms with Gasteiger partial charge in [-0.2, -0.15) is 0 Å². The molecule has 2 aromatic rings. The number of hydroxylamine groups is 1. The Kier molecular flexibility index (Phi) is 8.94. The molecule has 6 nitrogen and oxygen atoms in total. The van der Waals surface area contributed by atoms with Crippen LogP contribution < -0.4 is 10.2 Å². The first-order valence-electron chi connectivity index (χ1n) is 9.58. The van der Waals surface area contributed by atoms with Crippen LogP contribution in [0.3, 0.4) is 0 Å². The molecule has 0 aliphatic rings. The Bertz CT molecular complexity index is 714. The summed E-state index contributed by atoms with van der Waals surface area (Å²) in [5, 5.41) is 18.7. The normalized spacial score (nSPS) is 12.0. The molecule has 1 atom stereocenters. The standard InChI is InChI=1S/C22H30N2O4/c1-24(2)15-16-28-20-13-11-18(12-14-20)17-7-9-19(10-8-17)21(25)5-3-4-6-22(26)23-27/h7-14,21,25,27H,3-6,15-16H2,1-2H3,(H,23,26)/t21-/m1/s1. The lowest BCUT2D eigenvalue weighted by Gasteiger charge is -2.12. The number of unbranched alkanes of at least 4 members (excludes halogenated alkanes) is 1. The van der Waals surface area contributed by atoms with Gasteiger partial charge in [0.2, 0.25) is 5.91 Å². The van der Waals surface area contributed by atoms with Crippen molar-refractivity contribution in [3.8, 4) is 16.9 Å². The highest BCUT2D eigenvalue weighted by atomic mass is 16.5. The van der Waals surface area contributed by atoms with Crippen molar-refractivity contribution in [2.24, 2.45) is 0 Å². The molecule has 0 unspecified atom stereocenters. The third kappa shape index (κ3) is 7.31. The van der Waals surface area contributed by atoms with E-state index >= 15 is 0 Å². The van der Waals surface area contributed by atoms with E-state index in [1.54, 1.807) is 5.48 Å². The third-order valence-corrected chi connectivity index (χ3v) is 4.55. The molecule has 0 aliphatic heterocycles. The quantitative estimate of drug-likeness (QED) is 0.313. The molecule has 0 fully saturated rings. The second-order valence-electron chi connectivity index (χ2n) is 7.09. The van der Waals surface area contributed by atoms with Crippen LogP contribution in [0.25, 0.3) is 11.1 Å². The Morgan fingerprint density at radius 1 is 1.04 bits per heavy atom. The molecule has 152 valence electrons. The largest absolute Gasteiger partial charge is 0.492 e. The van der Waals surface area contributed by atoms with Crippen LogP contribution in [-0.4, -0.2) is 48.4 Å². The van der Waals surface area contributed by atoms with Crippen LogP contribution in [0.4, 0.5) is 0 Å². The van der Waals surface area contributed by atoms with Crippen molar-refractivity contribution in [3.63, 3.8) is 0 Å². The molecule has 0 bridgehead atoms. The van der Waals surface area contributed by atoms with Gasteiger partial charge < -0.3 is 14.7 Å². The summed E-state index contributed by atoms with van der Waals surface area (Å²) in [7, 11) is 4.03. The molecule has 0 saturated carbocycles. The number of hydrogen-bond acceptors (Lipinski definition) is 5. The van der Waals surface area contributed by atoms with Crippen LogP contribution in [0.5, 0.6) is 5.75 Å². The second kappa shape index (κ2) is 11.4. The van der Waals surface area contributed by atoms with E-state index in [0.29, 0.717) is 25.9 Å². The van der Waals surface area contributed by atoms with E-state index in [4.69, 9.17) is 9.94 Å². The van der Waals surface area contributed by atoms with Crippen molar-refractivity contribution in [2.45, 2.75) is 31.8 Å². The fourth-order valence-corrected chi connectivity index (χ4v) is 2.83. The van der Waals surface area contributed by atoms with Crippen LogP contribution in [0.15, 0.2) is 48.5 Å². The van der Waals surface area contributed by atoms with Gasteiger partial charge in [-0.25, -0.2) is 5.48 Å². The van der Waals surface area contributed by atoms with Crippen molar-refractivity contribution in [3.05, 3.63) is 54.1 Å². The average molecular weight is 386 g/mol. The lowest BCUT2D eigenvalue weighted by atomic mass is 9.99. The molecule has 0 aliphatic carbocycles. The van der Waals surface area contributed by atoms with Gasteiger partial charge in [0.25, 0.3) is 0 Å². The zero-order chi connectivity index (χ0) is 20.4. The van der Waals surface area contributed by atoms with E-state index in [2.05, 4.69) is 4.90 Å². The van der Waals surface area contributed by atoms with Gasteiger partial charge in [0.1, 0.15) is 12.4 Å². The molecule has 0 spiro atoms. The third-order valence-electron chi connectivity index (χ3n) is 4.55. The van der Waals surface area contributed by atoms with Gasteiger partial charge in [-0.15, -0.1) is 0 Å². The average Bonchev–Trinajstić information content (AvgIpc) is 2.71. The number of nitrogens with zero attached hydrogens (tertiary/aromatic N) is 1. The first kappa shape index (κ1) is 21.9. The summed E-state index contributed by atoms with van der Waals surface area (Å²) >= 11 is 0. The smallest absolute Gasteiger partial charge is 0.243 e. The summed E-state index contributed by atoms with van der Waals surface area (Å²) in [4.78, 5) is 13.0. The Morgan fingerprint density at radius 2 is 1.64 bits per heavy atom. The number of amides is 1. The van der Waals surface area contributed by atoms with Crippen molar-refractivity contribution in [2.75, 3.05) is 27.2 Å². The molecule has 2 aromatic carbocycles. The summed E-state index contributed by atoms with van der Waals surface area (Å²) in [6.07, 6.45) is 1.63. The number of nitrogens with one attached hydrogen (secondary N) is 1. The summed E-state index contributed by atoms with van der Waals surface area (Å²) < 4.78 is 5.71. The van der Waals surface area contributed by atoms with Gasteiger partial charge >= 0.3 is 0 Å². The minimum Gasteiger partial charge on any atom is -0.492 e. The topological polar surface area (TPSA) is 82.0 Å². The maximum Gasteiger partial charge on any atom is 0.243 e. The summed E-state index contributed by atoms with van der Waals surface area (Å²) in [6, 6.07) is 15.9. The number of carbonyl (C=O) groups excluding carboxylic acids is 1. The van der Waals surface area contributed by atoms with Gasteiger partial charge in [-0.05, 0) is 55.8 Å². The number of likely N-dealkylation sites (N-methyl/N-ethyl adjacent to an activating group) is 1. The Morgan fingerprint density at radius 3 is 2.21 bits per heavy atom. The maximum atomic E-state index is 11.0. The van der Waals surface area contributed by atoms with E-state index in [-0.39, 0.29) is 6.42 Å². The van der Waals surface area contributed by atoms with E-state index in [1.165, 1.54) is 0 Å². The highest BCUT2D eigenvalue weighted by molar-refractivity contribution is 5.74. The number of carbonyl (C=O) groups is 1. The number of aliphatic hydroxyl groups excluding tert-OH is 1. The summed E-state index contributed by atoms with van der Waals surface area (Å²) in [6.45, 7) is 1.53. The molecular weight excluding hydrogens is 356 g/mol. The zero-order valence-electron chi connectivity index (χ0n) is 16.6. The van der Waals surface area contributed by atoms with E-state index < -0.39 is 12.0 Å². The van der Waals surface area contributed by atoms with Gasteiger partial charge in [0.15, 0.2) is 0 Å². The molecule has 0 saturated heterocycles. The molecule has 3 N–H and O–H groups in total. The molecule has 0 radical (unpaired) electrons. The number of benzene rings is 2. The molecule has 6 heteroatoms. The first-order valence-corrected chi connectivity index (χ1v) is 9.58. The zero-order valence-corrected chi connectivity index (χ0v) is 16.6. The van der Waals surface area contributed by atoms with Gasteiger partial charge in [0, 0.05) is 13.0 Å². The van der Waals surface area contributed by atoms with Crippen LogP contribution in [0, 0.1) is 0 Å². The molecular formula is C22H30N2O4. The van der Waals surface area contributed by atoms with Gasteiger partial charge in [0.05, 0.1) is 6.10 Å². The van der Waals surface area contributed by atoms with E-state index in [0.717, 1.165) is 29.0 Å². The minimum absolute atomic E-state index is 0.261. The lowest BCUT2D eigenvalue weighted by Crippen LogP contribution is -2.19. The maximum absolute atomic E-state index is 11.0. The summed E-state index contributed by atoms with van der Waals surface area (Å²) in [5.41, 5.74) is 4.65. The highest BCUT2D eigenvalue weighted by Gasteiger charge is 2.09. The molecule has 2 rings (SSSR count). The fraction of sp³-hybridized carbons (Fsp3) is 0.409. The van der Waals surface area contributed by atoms with Crippen molar-refractivity contribution in [1.82, 2.24) is 10.4 Å². The minimum atomic E-state index is -0.557. The Hall–Kier alpha value is -2.41. The van der Waals surface area contributed by atoms with Crippen LogP contribution in [-0.2, 0) is 4.79 Å². The first-order chi connectivity index (χ1) is 13.5. The number of aliphatic hydroxyl groups is 1. The molecule has 0 heterocycles. The van der Waals surface area contributed by atoms with Crippen molar-refractivity contribution in [1.29, 1.82) is 0 Å². The number of ether oxygens (including phenoxy) is 1. The highest BCUT2D eigenvalue weighted by Crippen LogP contribution is 2.26. The second-order valence-corrected chi connectivity index (χ2v) is 7.09. The fourth-order valence-electron chi connectivity index (χ4n) is 2.83. The number of rotatable bonds is 11. The predicted molar refractivity (Wildman–Crippen MR) is 109 cm³/mol. The molecule has 1 amide bonds. The van der Waals surface area contributed by atoms with Gasteiger partial charge in [-0.1, -0.05) is 42.8 Å². The van der Waals surface area contributed by atoms with Crippen LogP contribution in [0.2, 0.25) is 0 Å². The van der Waals surface area contributed by atoms with E-state index in [9.17, 15) is 9.90 Å². The van der Waals surface area contributed by atoms with Gasteiger partial charge in [-0.3, -0.25) is 10.0 Å². The van der Waals surface area contributed by atoms with Crippen LogP contribution >= 0.6 is 0 Å². The van der Waals surface area contributed by atoms with Crippen LogP contribution in [0.1, 0.15) is 37.4 Å². The Balaban J connectivity index is 1.85. The summed E-state index contributed by atoms with van der Waals surface area (Å²) in [5.74, 6) is 0.459.